The van der Waals surface area contributed by atoms with E-state index in [2.05, 4.69) is 10.5 Å². The highest BCUT2D eigenvalue weighted by atomic mass is 15.4. The van der Waals surface area contributed by atoms with Crippen LogP contribution in [0, 0.1) is 0 Å². The Hall–Kier alpha value is -2.40. The second-order valence-electron chi connectivity index (χ2n) is 5.05. The van der Waals surface area contributed by atoms with Crippen LogP contribution in [-0.2, 0) is 12.8 Å². The van der Waals surface area contributed by atoms with E-state index in [1.165, 1.54) is 5.56 Å². The van der Waals surface area contributed by atoms with E-state index in [1.807, 2.05) is 40.9 Å². The van der Waals surface area contributed by atoms with Gasteiger partial charge in [0.2, 0.25) is 0 Å². The van der Waals surface area contributed by atoms with Gasteiger partial charge in [-0.15, -0.1) is 0 Å². The quantitative estimate of drug-likeness (QED) is 0.550. The zero-order valence-corrected chi connectivity index (χ0v) is 11.0. The van der Waals surface area contributed by atoms with Gasteiger partial charge in [-0.3, -0.25) is 0 Å². The number of nitrogens with two attached hydrogens (primary N) is 1. The monoisotopic (exact) mass is 265 g/mol. The Morgan fingerprint density at radius 2 is 2.00 bits per heavy atom. The molecule has 0 saturated carbocycles. The number of hydrogen-bond acceptors (Lipinski definition) is 4. The average molecular weight is 265 g/mol. The first-order valence-corrected chi connectivity index (χ1v) is 6.80. The van der Waals surface area contributed by atoms with Gasteiger partial charge in [0.15, 0.2) is 5.65 Å². The molecule has 1 aromatic carbocycles. The average Bonchev–Trinajstić information content (AvgIpc) is 3.11. The van der Waals surface area contributed by atoms with Crippen molar-refractivity contribution in [3.05, 3.63) is 47.7 Å². The number of aromatic nitrogens is 3. The van der Waals surface area contributed by atoms with Crippen molar-refractivity contribution in [1.29, 1.82) is 0 Å². The van der Waals surface area contributed by atoms with Gasteiger partial charge in [-0.25, -0.2) is 10.8 Å². The molecule has 0 aliphatic heterocycles. The van der Waals surface area contributed by atoms with Gasteiger partial charge in [0.05, 0.1) is 5.69 Å². The van der Waals surface area contributed by atoms with E-state index < -0.39 is 0 Å². The second-order valence-corrected chi connectivity index (χ2v) is 5.05. The Morgan fingerprint density at radius 1 is 1.15 bits per heavy atom. The molecule has 0 atom stereocenters. The zero-order chi connectivity index (χ0) is 13.5. The van der Waals surface area contributed by atoms with Crippen molar-refractivity contribution in [3.63, 3.8) is 0 Å². The lowest BCUT2D eigenvalue weighted by Crippen LogP contribution is -2.15. The van der Waals surface area contributed by atoms with Gasteiger partial charge in [-0.1, -0.05) is 30.3 Å². The third-order valence-corrected chi connectivity index (χ3v) is 3.83. The van der Waals surface area contributed by atoms with Gasteiger partial charge in [0.1, 0.15) is 5.82 Å². The number of hydrazine groups is 1. The van der Waals surface area contributed by atoms with E-state index in [4.69, 9.17) is 10.8 Å². The third-order valence-electron chi connectivity index (χ3n) is 3.83. The van der Waals surface area contributed by atoms with Gasteiger partial charge >= 0.3 is 0 Å². The number of nitrogens with zero attached hydrogens (tertiary/aromatic N) is 3. The molecular weight excluding hydrogens is 250 g/mol. The molecule has 1 aliphatic rings. The largest absolute Gasteiger partial charge is 0.308 e. The van der Waals surface area contributed by atoms with Crippen molar-refractivity contribution in [1.82, 2.24) is 14.6 Å². The molecule has 5 nitrogen and oxygen atoms in total. The summed E-state index contributed by atoms with van der Waals surface area (Å²) in [6, 6.07) is 12.1. The molecule has 0 saturated heterocycles. The maximum Gasteiger partial charge on any atom is 0.158 e. The molecule has 3 N–H and O–H groups in total. The molecule has 3 aromatic rings. The summed E-state index contributed by atoms with van der Waals surface area (Å²) < 4.78 is 1.81. The van der Waals surface area contributed by atoms with Crippen LogP contribution < -0.4 is 11.3 Å². The smallest absolute Gasteiger partial charge is 0.158 e. The topological polar surface area (TPSA) is 68.2 Å². The highest BCUT2D eigenvalue weighted by Crippen LogP contribution is 2.29. The van der Waals surface area contributed by atoms with Crippen molar-refractivity contribution < 1.29 is 0 Å². The number of fused-ring (bicyclic) bond motifs is 2. The number of nitrogens with one attached hydrogen (secondary N) is 1. The number of aryl methyl sites for hydroxylation is 1. The SMILES string of the molecule is NNc1c2c(nc3cc(-c4ccccc4)nn13)CCC2. The number of benzene rings is 1. The summed E-state index contributed by atoms with van der Waals surface area (Å²) in [6.07, 6.45) is 3.17. The van der Waals surface area contributed by atoms with Crippen LogP contribution in [0.3, 0.4) is 0 Å². The molecule has 4 rings (SSSR count). The highest BCUT2D eigenvalue weighted by Gasteiger charge is 2.20. The molecule has 5 heteroatoms. The van der Waals surface area contributed by atoms with E-state index in [9.17, 15) is 0 Å². The Bertz CT molecular complexity index is 776. The summed E-state index contributed by atoms with van der Waals surface area (Å²) in [7, 11) is 0. The Morgan fingerprint density at radius 3 is 2.80 bits per heavy atom. The molecule has 2 aromatic heterocycles. The lowest BCUT2D eigenvalue weighted by molar-refractivity contribution is 0.900. The van der Waals surface area contributed by atoms with Crippen molar-refractivity contribution in [2.24, 2.45) is 5.84 Å². The Balaban J connectivity index is 1.96. The minimum atomic E-state index is 0.845. The molecule has 0 spiro atoms. The van der Waals surface area contributed by atoms with Crippen molar-refractivity contribution in [2.75, 3.05) is 5.43 Å². The molecule has 0 bridgehead atoms. The molecular formula is C15H15N5. The maximum absolute atomic E-state index is 5.70. The second kappa shape index (κ2) is 4.31. The first-order chi connectivity index (χ1) is 9.86. The number of anilines is 1. The molecule has 20 heavy (non-hydrogen) atoms. The summed E-state index contributed by atoms with van der Waals surface area (Å²) in [5.41, 5.74) is 7.98. The van der Waals surface area contributed by atoms with Crippen LogP contribution in [0.1, 0.15) is 17.7 Å². The van der Waals surface area contributed by atoms with Crippen molar-refractivity contribution >= 4 is 11.5 Å². The van der Waals surface area contributed by atoms with Gasteiger partial charge in [0, 0.05) is 22.9 Å². The summed E-state index contributed by atoms with van der Waals surface area (Å²) in [5, 5.41) is 4.64. The predicted molar refractivity (Wildman–Crippen MR) is 78.3 cm³/mol. The first kappa shape index (κ1) is 11.4. The number of hydrogen-bond donors (Lipinski definition) is 2. The van der Waals surface area contributed by atoms with E-state index in [0.29, 0.717) is 0 Å². The van der Waals surface area contributed by atoms with Crippen LogP contribution >= 0.6 is 0 Å². The van der Waals surface area contributed by atoms with Crippen molar-refractivity contribution in [3.8, 4) is 11.3 Å². The predicted octanol–water partition coefficient (Wildman–Crippen LogP) is 2.17. The minimum Gasteiger partial charge on any atom is -0.308 e. The summed E-state index contributed by atoms with van der Waals surface area (Å²) in [4.78, 5) is 4.72. The molecule has 0 amide bonds. The number of nitrogen functional groups attached to an aromatic ring is 1. The van der Waals surface area contributed by atoms with Crippen LogP contribution in [0.25, 0.3) is 16.9 Å². The van der Waals surface area contributed by atoms with Gasteiger partial charge in [-0.05, 0) is 19.3 Å². The lowest BCUT2D eigenvalue weighted by Gasteiger charge is -2.08. The molecule has 0 unspecified atom stereocenters. The fourth-order valence-electron chi connectivity index (χ4n) is 2.89. The fraction of sp³-hybridized carbons (Fsp3) is 0.200. The summed E-state index contributed by atoms with van der Waals surface area (Å²) in [5.74, 6) is 6.56. The zero-order valence-electron chi connectivity index (χ0n) is 11.0. The maximum atomic E-state index is 5.70. The van der Waals surface area contributed by atoms with Gasteiger partial charge in [-0.2, -0.15) is 9.61 Å². The lowest BCUT2D eigenvalue weighted by atomic mass is 10.2. The first-order valence-electron chi connectivity index (χ1n) is 6.80. The summed E-state index contributed by atoms with van der Waals surface area (Å²) >= 11 is 0. The van der Waals surface area contributed by atoms with E-state index in [0.717, 1.165) is 47.7 Å². The normalized spacial score (nSPS) is 13.7. The Kier molecular flexibility index (Phi) is 2.47. The van der Waals surface area contributed by atoms with Crippen molar-refractivity contribution in [2.45, 2.75) is 19.3 Å². The van der Waals surface area contributed by atoms with Crippen LogP contribution in [0.15, 0.2) is 36.4 Å². The summed E-state index contributed by atoms with van der Waals surface area (Å²) in [6.45, 7) is 0. The van der Waals surface area contributed by atoms with E-state index in [1.54, 1.807) is 0 Å². The highest BCUT2D eigenvalue weighted by molar-refractivity contribution is 5.67. The number of rotatable bonds is 2. The minimum absolute atomic E-state index is 0.845. The van der Waals surface area contributed by atoms with Gasteiger partial charge in [0.25, 0.3) is 0 Å². The fourth-order valence-corrected chi connectivity index (χ4v) is 2.89. The third kappa shape index (κ3) is 1.60. The van der Waals surface area contributed by atoms with Crippen LogP contribution in [0.4, 0.5) is 5.82 Å². The van der Waals surface area contributed by atoms with Crippen LogP contribution in [-0.4, -0.2) is 14.6 Å². The van der Waals surface area contributed by atoms with E-state index >= 15 is 0 Å². The van der Waals surface area contributed by atoms with Crippen LogP contribution in [0.5, 0.6) is 0 Å². The van der Waals surface area contributed by atoms with Gasteiger partial charge < -0.3 is 5.43 Å². The molecule has 1 aliphatic carbocycles. The molecule has 2 heterocycles. The van der Waals surface area contributed by atoms with E-state index in [-0.39, 0.29) is 0 Å². The van der Waals surface area contributed by atoms with Crippen LogP contribution in [0.2, 0.25) is 0 Å². The Labute approximate surface area is 116 Å². The molecule has 0 fully saturated rings. The molecule has 100 valence electrons. The standard InChI is InChI=1S/C15H15N5/c16-18-15-11-7-4-8-12(11)17-14-9-13(19-20(14)15)10-5-2-1-3-6-10/h1-3,5-6,9,18H,4,7-8,16H2. The molecule has 0 radical (unpaired) electrons.